The van der Waals surface area contributed by atoms with Gasteiger partial charge in [0.1, 0.15) is 5.75 Å². The quantitative estimate of drug-likeness (QED) is 0.783. The van der Waals surface area contributed by atoms with E-state index in [1.807, 2.05) is 13.0 Å². The van der Waals surface area contributed by atoms with Gasteiger partial charge >= 0.3 is 0 Å². The Hall–Kier alpha value is -1.06. The highest BCUT2D eigenvalue weighted by molar-refractivity contribution is 5.30. The molecule has 112 valence electrons. The van der Waals surface area contributed by atoms with Gasteiger partial charge in [-0.05, 0) is 37.5 Å². The molecule has 1 aromatic carbocycles. The summed E-state index contributed by atoms with van der Waals surface area (Å²) >= 11 is 0. The number of nitrogens with one attached hydrogen (secondary N) is 1. The van der Waals surface area contributed by atoms with Gasteiger partial charge in [0, 0.05) is 18.6 Å². The molecule has 0 aliphatic heterocycles. The van der Waals surface area contributed by atoms with Gasteiger partial charge in [-0.25, -0.2) is 0 Å². The van der Waals surface area contributed by atoms with Crippen LogP contribution in [0.2, 0.25) is 0 Å². The number of nitrogens with two attached hydrogens (primary N) is 1. The molecule has 3 heteroatoms. The van der Waals surface area contributed by atoms with Crippen LogP contribution in [-0.2, 0) is 0 Å². The Bertz CT molecular complexity index is 386. The van der Waals surface area contributed by atoms with Crippen molar-refractivity contribution in [2.24, 2.45) is 5.73 Å². The second-order valence-corrected chi connectivity index (χ2v) is 5.65. The van der Waals surface area contributed by atoms with Gasteiger partial charge in [-0.1, -0.05) is 37.8 Å². The molecule has 3 N–H and O–H groups in total. The Morgan fingerprint density at radius 2 is 2.00 bits per heavy atom. The average molecular weight is 276 g/mol. The van der Waals surface area contributed by atoms with Gasteiger partial charge in [0.2, 0.25) is 0 Å². The maximum absolute atomic E-state index is 5.98. The van der Waals surface area contributed by atoms with Crippen LogP contribution in [-0.4, -0.2) is 19.2 Å². The number of benzene rings is 1. The maximum Gasteiger partial charge on any atom is 0.119 e. The van der Waals surface area contributed by atoms with Crippen LogP contribution in [0.4, 0.5) is 0 Å². The molecule has 1 atom stereocenters. The van der Waals surface area contributed by atoms with Gasteiger partial charge in [-0.15, -0.1) is 0 Å². The van der Waals surface area contributed by atoms with Gasteiger partial charge in [0.05, 0.1) is 6.61 Å². The fourth-order valence-electron chi connectivity index (χ4n) is 3.02. The van der Waals surface area contributed by atoms with Gasteiger partial charge < -0.3 is 15.8 Å². The van der Waals surface area contributed by atoms with Crippen LogP contribution in [0.15, 0.2) is 24.3 Å². The van der Waals surface area contributed by atoms with Gasteiger partial charge in [0.25, 0.3) is 0 Å². The van der Waals surface area contributed by atoms with Crippen molar-refractivity contribution in [1.82, 2.24) is 5.32 Å². The minimum atomic E-state index is 0.235. The topological polar surface area (TPSA) is 47.3 Å². The Morgan fingerprint density at radius 3 is 2.65 bits per heavy atom. The van der Waals surface area contributed by atoms with Crippen molar-refractivity contribution in [3.05, 3.63) is 29.8 Å². The number of hydrogen-bond acceptors (Lipinski definition) is 3. The van der Waals surface area contributed by atoms with Crippen LogP contribution in [0.25, 0.3) is 0 Å². The van der Waals surface area contributed by atoms with Crippen LogP contribution in [0.1, 0.15) is 57.1 Å². The van der Waals surface area contributed by atoms with Crippen molar-refractivity contribution >= 4 is 0 Å². The predicted octanol–water partition coefficient (Wildman–Crippen LogP) is 3.40. The van der Waals surface area contributed by atoms with Crippen LogP contribution < -0.4 is 15.8 Å². The lowest BCUT2D eigenvalue weighted by molar-refractivity contribution is 0.338. The first kappa shape index (κ1) is 15.3. The maximum atomic E-state index is 5.98. The average Bonchev–Trinajstić information content (AvgIpc) is 2.74. The zero-order valence-electron chi connectivity index (χ0n) is 12.6. The van der Waals surface area contributed by atoms with E-state index >= 15 is 0 Å². The number of rotatable bonds is 6. The SMILES string of the molecule is CCOc1cccc(C(CN)NC2CCCCCC2)c1. The molecule has 1 aromatic rings. The third-order valence-electron chi connectivity index (χ3n) is 4.10. The molecule has 0 heterocycles. The molecular weight excluding hydrogens is 248 g/mol. The molecule has 1 saturated carbocycles. The van der Waals surface area contributed by atoms with Crippen LogP contribution >= 0.6 is 0 Å². The number of hydrogen-bond donors (Lipinski definition) is 2. The largest absolute Gasteiger partial charge is 0.494 e. The molecule has 0 radical (unpaired) electrons. The second kappa shape index (κ2) is 8.28. The minimum Gasteiger partial charge on any atom is -0.494 e. The standard InChI is InChI=1S/C17H28N2O/c1-2-20-16-11-7-8-14(12-16)17(13-18)19-15-9-5-3-4-6-10-15/h7-8,11-12,15,17,19H,2-6,9-10,13,18H2,1H3. The zero-order valence-corrected chi connectivity index (χ0v) is 12.6. The lowest BCUT2D eigenvalue weighted by atomic mass is 10.0. The number of ether oxygens (including phenoxy) is 1. The second-order valence-electron chi connectivity index (χ2n) is 5.65. The monoisotopic (exact) mass is 276 g/mol. The van der Waals surface area contributed by atoms with E-state index in [1.54, 1.807) is 0 Å². The molecule has 1 aliphatic rings. The van der Waals surface area contributed by atoms with E-state index in [9.17, 15) is 0 Å². The van der Waals surface area contributed by atoms with E-state index in [1.165, 1.54) is 44.1 Å². The molecule has 1 fully saturated rings. The highest BCUT2D eigenvalue weighted by Crippen LogP contribution is 2.23. The summed E-state index contributed by atoms with van der Waals surface area (Å²) in [6.45, 7) is 3.34. The molecule has 0 saturated heterocycles. The summed E-state index contributed by atoms with van der Waals surface area (Å²) in [6.07, 6.45) is 8.00. The van der Waals surface area contributed by atoms with Crippen LogP contribution in [0.3, 0.4) is 0 Å². The fraction of sp³-hybridized carbons (Fsp3) is 0.647. The smallest absolute Gasteiger partial charge is 0.119 e. The van der Waals surface area contributed by atoms with Crippen molar-refractivity contribution < 1.29 is 4.74 Å². The summed E-state index contributed by atoms with van der Waals surface area (Å²) in [7, 11) is 0. The summed E-state index contributed by atoms with van der Waals surface area (Å²) in [4.78, 5) is 0. The molecule has 0 spiro atoms. The Kier molecular flexibility index (Phi) is 6.34. The zero-order chi connectivity index (χ0) is 14.2. The predicted molar refractivity (Wildman–Crippen MR) is 84.0 cm³/mol. The molecule has 1 aliphatic carbocycles. The van der Waals surface area contributed by atoms with Gasteiger partial charge in [0.15, 0.2) is 0 Å². The van der Waals surface area contributed by atoms with E-state index in [0.717, 1.165) is 5.75 Å². The molecule has 2 rings (SSSR count). The summed E-state index contributed by atoms with van der Waals surface area (Å²) < 4.78 is 5.58. The summed E-state index contributed by atoms with van der Waals surface area (Å²) in [6, 6.07) is 9.17. The van der Waals surface area contributed by atoms with Gasteiger partial charge in [-0.3, -0.25) is 0 Å². The van der Waals surface area contributed by atoms with Crippen molar-refractivity contribution in [1.29, 1.82) is 0 Å². The molecule has 1 unspecified atom stereocenters. The first-order valence-corrected chi connectivity index (χ1v) is 8.02. The van der Waals surface area contributed by atoms with E-state index in [4.69, 9.17) is 10.5 Å². The molecular formula is C17H28N2O. The highest BCUT2D eigenvalue weighted by atomic mass is 16.5. The first-order chi connectivity index (χ1) is 9.83. The van der Waals surface area contributed by atoms with Crippen molar-refractivity contribution in [3.63, 3.8) is 0 Å². The van der Waals surface area contributed by atoms with Gasteiger partial charge in [-0.2, -0.15) is 0 Å². The lowest BCUT2D eigenvalue weighted by Gasteiger charge is -2.24. The van der Waals surface area contributed by atoms with Crippen molar-refractivity contribution in [3.8, 4) is 5.75 Å². The van der Waals surface area contributed by atoms with E-state index in [0.29, 0.717) is 19.2 Å². The van der Waals surface area contributed by atoms with E-state index in [2.05, 4.69) is 23.5 Å². The molecule has 0 amide bonds. The highest BCUT2D eigenvalue weighted by Gasteiger charge is 2.17. The Labute approximate surface area is 122 Å². The normalized spacial score (nSPS) is 18.5. The minimum absolute atomic E-state index is 0.235. The third kappa shape index (κ3) is 4.50. The molecule has 0 bridgehead atoms. The van der Waals surface area contributed by atoms with Crippen LogP contribution in [0, 0.1) is 0 Å². The Morgan fingerprint density at radius 1 is 1.25 bits per heavy atom. The third-order valence-corrected chi connectivity index (χ3v) is 4.10. The van der Waals surface area contributed by atoms with E-state index < -0.39 is 0 Å². The summed E-state index contributed by atoms with van der Waals surface area (Å²) in [5.74, 6) is 0.936. The fourth-order valence-corrected chi connectivity index (χ4v) is 3.02. The lowest BCUT2D eigenvalue weighted by Crippen LogP contribution is -2.36. The molecule has 0 aromatic heterocycles. The summed E-state index contributed by atoms with van der Waals surface area (Å²) in [5, 5.41) is 3.75. The molecule has 3 nitrogen and oxygen atoms in total. The van der Waals surface area contributed by atoms with Crippen molar-refractivity contribution in [2.75, 3.05) is 13.2 Å². The molecule has 20 heavy (non-hydrogen) atoms. The van der Waals surface area contributed by atoms with Crippen LogP contribution in [0.5, 0.6) is 5.75 Å². The van der Waals surface area contributed by atoms with Crippen molar-refractivity contribution in [2.45, 2.75) is 57.5 Å². The summed E-state index contributed by atoms with van der Waals surface area (Å²) in [5.41, 5.74) is 7.22. The Balaban J connectivity index is 2.01. The van der Waals surface area contributed by atoms with E-state index in [-0.39, 0.29) is 6.04 Å². The first-order valence-electron chi connectivity index (χ1n) is 8.02.